The van der Waals surface area contributed by atoms with Crippen LogP contribution >= 0.6 is 10.7 Å². The second-order valence-corrected chi connectivity index (χ2v) is 8.76. The fourth-order valence-corrected chi connectivity index (χ4v) is 3.81. The van der Waals surface area contributed by atoms with Gasteiger partial charge in [0.1, 0.15) is 11.4 Å². The molecule has 3 aromatic rings. The number of nitrogens with zero attached hydrogens (tertiary/aromatic N) is 1. The maximum absolute atomic E-state index is 14.8. The molecule has 0 amide bonds. The van der Waals surface area contributed by atoms with Gasteiger partial charge in [0.25, 0.3) is 9.05 Å². The van der Waals surface area contributed by atoms with Crippen molar-refractivity contribution < 1.29 is 22.3 Å². The Morgan fingerprint density at radius 1 is 1.17 bits per heavy atom. The monoisotopic (exact) mass is 437 g/mol. The van der Waals surface area contributed by atoms with E-state index in [4.69, 9.17) is 15.4 Å². The van der Waals surface area contributed by atoms with Crippen molar-refractivity contribution in [3.05, 3.63) is 64.2 Å². The second kappa shape index (κ2) is 7.96. The smallest absolute Gasteiger partial charge is 0.343 e. The Morgan fingerprint density at radius 2 is 1.83 bits per heavy atom. The summed E-state index contributed by atoms with van der Waals surface area (Å²) < 4.78 is 44.2. The first-order valence-electron chi connectivity index (χ1n) is 8.76. The first-order valence-corrected chi connectivity index (χ1v) is 11.1. The summed E-state index contributed by atoms with van der Waals surface area (Å²) in [5.41, 5.74) is 0.262. The number of rotatable bonds is 5. The van der Waals surface area contributed by atoms with Crippen molar-refractivity contribution in [2.75, 3.05) is 6.61 Å². The third-order valence-electron chi connectivity index (χ3n) is 4.45. The summed E-state index contributed by atoms with van der Waals surface area (Å²) in [6.07, 6.45) is 1.40. The number of aromatic nitrogens is 1. The molecule has 0 fully saturated rings. The largest absolute Gasteiger partial charge is 0.462 e. The standard InChI is InChI=1S/C20H17ClFNO5S/c1-3-23-11-16(20(25)28-4-2)19(24)15-9-17(22)14(10-18(15)23)12-5-7-13(8-6-12)29(21,26)27/h5-11H,3-4H2,1-2H3. The van der Waals surface area contributed by atoms with E-state index < -0.39 is 26.3 Å². The maximum atomic E-state index is 14.8. The number of esters is 1. The van der Waals surface area contributed by atoms with Gasteiger partial charge in [-0.2, -0.15) is 0 Å². The topological polar surface area (TPSA) is 82.4 Å². The summed E-state index contributed by atoms with van der Waals surface area (Å²) in [5.74, 6) is -1.44. The number of aryl methyl sites for hydroxylation is 1. The molecule has 0 bridgehead atoms. The Bertz CT molecular complexity index is 1270. The summed E-state index contributed by atoms with van der Waals surface area (Å²) in [5, 5.41) is 0.0543. The number of fused-ring (bicyclic) bond motifs is 1. The van der Waals surface area contributed by atoms with Gasteiger partial charge in [0.15, 0.2) is 0 Å². The van der Waals surface area contributed by atoms with Crippen molar-refractivity contribution in [2.24, 2.45) is 0 Å². The first-order chi connectivity index (χ1) is 13.7. The molecular weight excluding hydrogens is 421 g/mol. The Morgan fingerprint density at radius 3 is 2.38 bits per heavy atom. The first kappa shape index (κ1) is 21.0. The number of hydrogen-bond donors (Lipinski definition) is 0. The van der Waals surface area contributed by atoms with E-state index in [2.05, 4.69) is 0 Å². The van der Waals surface area contributed by atoms with Gasteiger partial charge in [0.05, 0.1) is 17.0 Å². The van der Waals surface area contributed by atoms with Crippen molar-refractivity contribution in [1.29, 1.82) is 0 Å². The van der Waals surface area contributed by atoms with E-state index >= 15 is 0 Å². The van der Waals surface area contributed by atoms with Crippen LogP contribution in [0.25, 0.3) is 22.0 Å². The van der Waals surface area contributed by atoms with E-state index in [9.17, 15) is 22.4 Å². The zero-order chi connectivity index (χ0) is 21.3. The number of hydrogen-bond acceptors (Lipinski definition) is 5. The normalized spacial score (nSPS) is 11.6. The average Bonchev–Trinajstić information content (AvgIpc) is 2.68. The molecule has 2 aromatic carbocycles. The number of carbonyl (C=O) groups excluding carboxylic acids is 1. The van der Waals surface area contributed by atoms with Gasteiger partial charge in [-0.1, -0.05) is 12.1 Å². The lowest BCUT2D eigenvalue weighted by Crippen LogP contribution is -2.21. The molecule has 9 heteroatoms. The summed E-state index contributed by atoms with van der Waals surface area (Å²) in [6, 6.07) is 7.99. The molecule has 0 radical (unpaired) electrons. The molecule has 3 rings (SSSR count). The van der Waals surface area contributed by atoms with E-state index in [1.165, 1.54) is 36.5 Å². The van der Waals surface area contributed by atoms with Gasteiger partial charge in [-0.3, -0.25) is 4.79 Å². The van der Waals surface area contributed by atoms with Crippen LogP contribution in [0.1, 0.15) is 24.2 Å². The molecule has 0 N–H and O–H groups in total. The fourth-order valence-electron chi connectivity index (χ4n) is 3.04. The lowest BCUT2D eigenvalue weighted by atomic mass is 10.0. The molecule has 0 atom stereocenters. The van der Waals surface area contributed by atoms with E-state index in [-0.39, 0.29) is 28.0 Å². The molecule has 29 heavy (non-hydrogen) atoms. The highest BCUT2D eigenvalue weighted by Gasteiger charge is 2.19. The minimum absolute atomic E-state index is 0.0543. The predicted molar refractivity (Wildman–Crippen MR) is 108 cm³/mol. The van der Waals surface area contributed by atoms with Crippen molar-refractivity contribution in [3.63, 3.8) is 0 Å². The van der Waals surface area contributed by atoms with Crippen LogP contribution in [0.5, 0.6) is 0 Å². The van der Waals surface area contributed by atoms with Crippen LogP contribution in [0.15, 0.2) is 52.3 Å². The van der Waals surface area contributed by atoms with Gasteiger partial charge in [0.2, 0.25) is 5.43 Å². The Labute approximate surface area is 170 Å². The summed E-state index contributed by atoms with van der Waals surface area (Å²) >= 11 is 0. The number of carbonyl (C=O) groups is 1. The van der Waals surface area contributed by atoms with Crippen molar-refractivity contribution in [1.82, 2.24) is 4.57 Å². The van der Waals surface area contributed by atoms with Crippen molar-refractivity contribution in [3.8, 4) is 11.1 Å². The zero-order valence-corrected chi connectivity index (χ0v) is 17.2. The molecule has 0 aliphatic carbocycles. The van der Waals surface area contributed by atoms with Gasteiger partial charge in [-0.25, -0.2) is 17.6 Å². The number of benzene rings is 2. The van der Waals surface area contributed by atoms with E-state index in [1.54, 1.807) is 11.5 Å². The quantitative estimate of drug-likeness (QED) is 0.446. The molecule has 1 aromatic heterocycles. The average molecular weight is 438 g/mol. The van der Waals surface area contributed by atoms with Crippen molar-refractivity contribution in [2.45, 2.75) is 25.3 Å². The maximum Gasteiger partial charge on any atom is 0.343 e. The lowest BCUT2D eigenvalue weighted by Gasteiger charge is -2.13. The summed E-state index contributed by atoms with van der Waals surface area (Å²) in [4.78, 5) is 24.7. The SMILES string of the molecule is CCOC(=O)c1cn(CC)c2cc(-c3ccc(S(=O)(=O)Cl)cc3)c(F)cc2c1=O. The summed E-state index contributed by atoms with van der Waals surface area (Å²) in [7, 11) is 1.42. The second-order valence-electron chi connectivity index (χ2n) is 6.19. The Kier molecular flexibility index (Phi) is 5.77. The molecule has 0 unspecified atom stereocenters. The van der Waals surface area contributed by atoms with E-state index in [0.717, 1.165) is 6.07 Å². The van der Waals surface area contributed by atoms with Gasteiger partial charge in [0, 0.05) is 34.4 Å². The zero-order valence-electron chi connectivity index (χ0n) is 15.6. The minimum atomic E-state index is -3.89. The van der Waals surface area contributed by atoms with E-state index in [0.29, 0.717) is 17.6 Å². The lowest BCUT2D eigenvalue weighted by molar-refractivity contribution is 0.0524. The number of pyridine rings is 1. The highest BCUT2D eigenvalue weighted by atomic mass is 35.7. The third kappa shape index (κ3) is 4.04. The van der Waals surface area contributed by atoms with Crippen LogP contribution in [-0.2, 0) is 20.3 Å². The van der Waals surface area contributed by atoms with Crippen molar-refractivity contribution >= 4 is 36.6 Å². The molecule has 6 nitrogen and oxygen atoms in total. The van der Waals surface area contributed by atoms with Crippen LogP contribution in [0.2, 0.25) is 0 Å². The highest BCUT2D eigenvalue weighted by molar-refractivity contribution is 8.13. The molecule has 1 heterocycles. The third-order valence-corrected chi connectivity index (χ3v) is 5.82. The fraction of sp³-hybridized carbons (Fsp3) is 0.200. The molecule has 0 saturated carbocycles. The minimum Gasteiger partial charge on any atom is -0.462 e. The molecule has 152 valence electrons. The van der Waals surface area contributed by atoms with Gasteiger partial charge in [-0.15, -0.1) is 0 Å². The van der Waals surface area contributed by atoms with Gasteiger partial charge in [-0.05, 0) is 43.7 Å². The van der Waals surface area contributed by atoms with Crippen LogP contribution < -0.4 is 5.43 Å². The molecular formula is C20H17ClFNO5S. The van der Waals surface area contributed by atoms with Crippen LogP contribution in [0.4, 0.5) is 4.39 Å². The van der Waals surface area contributed by atoms with Crippen LogP contribution in [0.3, 0.4) is 0 Å². The van der Waals surface area contributed by atoms with Crippen LogP contribution in [-0.4, -0.2) is 25.6 Å². The molecule has 0 aliphatic rings. The van der Waals surface area contributed by atoms with Gasteiger partial charge >= 0.3 is 5.97 Å². The number of ether oxygens (including phenoxy) is 1. The molecule has 0 aliphatic heterocycles. The number of halogens is 2. The Hall–Kier alpha value is -2.71. The van der Waals surface area contributed by atoms with Gasteiger partial charge < -0.3 is 9.30 Å². The predicted octanol–water partition coefficient (Wildman–Crippen LogP) is 3.93. The molecule has 0 saturated heterocycles. The Balaban J connectivity index is 2.22. The van der Waals surface area contributed by atoms with E-state index in [1.807, 2.05) is 6.92 Å². The highest BCUT2D eigenvalue weighted by Crippen LogP contribution is 2.28. The summed E-state index contributed by atoms with van der Waals surface area (Å²) in [6.45, 7) is 3.99. The molecule has 0 spiro atoms. The van der Waals surface area contributed by atoms with Crippen LogP contribution in [0, 0.1) is 5.82 Å².